The van der Waals surface area contributed by atoms with Crippen LogP contribution in [0.2, 0.25) is 0 Å². The van der Waals surface area contributed by atoms with Crippen LogP contribution >= 0.6 is 0 Å². The number of nitrogens with zero attached hydrogens (tertiary/aromatic N) is 4. The number of ether oxygens (including phenoxy) is 1. The fourth-order valence-corrected chi connectivity index (χ4v) is 2.12. The zero-order valence-corrected chi connectivity index (χ0v) is 11.1. The van der Waals surface area contributed by atoms with Crippen molar-refractivity contribution < 1.29 is 4.74 Å². The van der Waals surface area contributed by atoms with Crippen molar-refractivity contribution in [3.63, 3.8) is 0 Å². The first-order valence-electron chi connectivity index (χ1n) is 5.98. The highest BCUT2D eigenvalue weighted by molar-refractivity contribution is 5.64. The molecule has 1 aromatic rings. The molecule has 0 aromatic carbocycles. The topological polar surface area (TPSA) is 79.5 Å². The van der Waals surface area contributed by atoms with Crippen LogP contribution in [-0.2, 0) is 0 Å². The van der Waals surface area contributed by atoms with E-state index >= 15 is 0 Å². The lowest BCUT2D eigenvalue weighted by molar-refractivity contribution is 0.232. The van der Waals surface area contributed by atoms with Crippen molar-refractivity contribution in [3.8, 4) is 5.75 Å². The van der Waals surface area contributed by atoms with Crippen LogP contribution in [0, 0.1) is 0 Å². The third kappa shape index (κ3) is 2.32. The van der Waals surface area contributed by atoms with E-state index < -0.39 is 0 Å². The Bertz CT molecular complexity index is 413. The number of nitrogens with one attached hydrogen (secondary N) is 1. The number of hydrogen-bond donors (Lipinski definition) is 2. The number of methoxy groups -OCH3 is 1. The maximum atomic E-state index is 5.43. The molecule has 0 aliphatic carbocycles. The van der Waals surface area contributed by atoms with E-state index in [0.717, 1.165) is 25.5 Å². The number of hydrogen-bond acceptors (Lipinski definition) is 7. The standard InChI is InChI=1S/C11H20N6O/c1-8-6-17(5-4-16(8)2)11-9(18-3)10(15-12)13-7-14-11/h7-8H,4-6,12H2,1-3H3,(H,13,14,15). The molecule has 1 aromatic heterocycles. The van der Waals surface area contributed by atoms with E-state index in [1.807, 2.05) is 0 Å². The van der Waals surface area contributed by atoms with Gasteiger partial charge in [-0.15, -0.1) is 0 Å². The van der Waals surface area contributed by atoms with Crippen LogP contribution < -0.4 is 20.9 Å². The maximum Gasteiger partial charge on any atom is 0.205 e. The molecule has 18 heavy (non-hydrogen) atoms. The molecule has 0 radical (unpaired) electrons. The summed E-state index contributed by atoms with van der Waals surface area (Å²) in [5.41, 5.74) is 2.53. The number of piperazine rings is 1. The average molecular weight is 252 g/mol. The number of nitrogen functional groups attached to an aromatic ring is 1. The predicted molar refractivity (Wildman–Crippen MR) is 70.7 cm³/mol. The highest BCUT2D eigenvalue weighted by Gasteiger charge is 2.25. The van der Waals surface area contributed by atoms with Crippen LogP contribution in [0.5, 0.6) is 5.75 Å². The van der Waals surface area contributed by atoms with Gasteiger partial charge in [0.25, 0.3) is 0 Å². The molecule has 0 amide bonds. The molecule has 3 N–H and O–H groups in total. The summed E-state index contributed by atoms with van der Waals surface area (Å²) in [6, 6.07) is 0.479. The lowest BCUT2D eigenvalue weighted by atomic mass is 10.2. The molecular formula is C11H20N6O. The quantitative estimate of drug-likeness (QED) is 0.575. The van der Waals surface area contributed by atoms with E-state index in [-0.39, 0.29) is 0 Å². The Morgan fingerprint density at radius 1 is 1.44 bits per heavy atom. The van der Waals surface area contributed by atoms with E-state index in [0.29, 0.717) is 17.6 Å². The van der Waals surface area contributed by atoms with Crippen LogP contribution in [0.4, 0.5) is 11.6 Å². The normalized spacial score (nSPS) is 20.9. The van der Waals surface area contributed by atoms with Gasteiger partial charge in [0.2, 0.25) is 5.75 Å². The van der Waals surface area contributed by atoms with Crippen molar-refractivity contribution >= 4 is 11.6 Å². The lowest BCUT2D eigenvalue weighted by Gasteiger charge is -2.38. The first-order valence-corrected chi connectivity index (χ1v) is 5.98. The summed E-state index contributed by atoms with van der Waals surface area (Å²) in [6.45, 7) is 5.02. The van der Waals surface area contributed by atoms with E-state index in [9.17, 15) is 0 Å². The molecule has 1 aliphatic heterocycles. The lowest BCUT2D eigenvalue weighted by Crippen LogP contribution is -2.50. The minimum atomic E-state index is 0.479. The Morgan fingerprint density at radius 2 is 2.22 bits per heavy atom. The Kier molecular flexibility index (Phi) is 3.83. The van der Waals surface area contributed by atoms with Gasteiger partial charge in [-0.3, -0.25) is 0 Å². The van der Waals surface area contributed by atoms with Crippen LogP contribution in [0.15, 0.2) is 6.33 Å². The molecule has 1 atom stereocenters. The number of likely N-dealkylation sites (N-methyl/N-ethyl adjacent to an activating group) is 1. The summed E-state index contributed by atoms with van der Waals surface area (Å²) in [7, 11) is 3.73. The molecule has 1 aliphatic rings. The number of hydrazine groups is 1. The highest BCUT2D eigenvalue weighted by atomic mass is 16.5. The molecule has 2 rings (SSSR count). The van der Waals surface area contributed by atoms with Gasteiger partial charge in [0.15, 0.2) is 11.6 Å². The Morgan fingerprint density at radius 3 is 2.83 bits per heavy atom. The van der Waals surface area contributed by atoms with Crippen molar-refractivity contribution in [3.05, 3.63) is 6.33 Å². The second kappa shape index (κ2) is 5.36. The molecule has 0 spiro atoms. The zero-order chi connectivity index (χ0) is 13.1. The highest BCUT2D eigenvalue weighted by Crippen LogP contribution is 2.32. The third-order valence-electron chi connectivity index (χ3n) is 3.39. The van der Waals surface area contributed by atoms with Gasteiger partial charge in [-0.05, 0) is 14.0 Å². The van der Waals surface area contributed by atoms with E-state index in [1.54, 1.807) is 7.11 Å². The molecule has 1 unspecified atom stereocenters. The van der Waals surface area contributed by atoms with Crippen LogP contribution in [0.3, 0.4) is 0 Å². The number of nitrogens with two attached hydrogens (primary N) is 1. The van der Waals surface area contributed by atoms with Gasteiger partial charge in [-0.2, -0.15) is 0 Å². The van der Waals surface area contributed by atoms with Gasteiger partial charge in [0.05, 0.1) is 7.11 Å². The van der Waals surface area contributed by atoms with E-state index in [1.165, 1.54) is 6.33 Å². The Labute approximate surface area is 107 Å². The van der Waals surface area contributed by atoms with Crippen molar-refractivity contribution in [2.45, 2.75) is 13.0 Å². The van der Waals surface area contributed by atoms with Gasteiger partial charge in [-0.25, -0.2) is 15.8 Å². The second-order valence-electron chi connectivity index (χ2n) is 4.50. The third-order valence-corrected chi connectivity index (χ3v) is 3.39. The zero-order valence-electron chi connectivity index (χ0n) is 11.1. The van der Waals surface area contributed by atoms with Crippen molar-refractivity contribution in [1.29, 1.82) is 0 Å². The largest absolute Gasteiger partial charge is 0.490 e. The molecule has 2 heterocycles. The number of rotatable bonds is 3. The summed E-state index contributed by atoms with van der Waals surface area (Å²) in [5, 5.41) is 0. The molecule has 1 fully saturated rings. The summed E-state index contributed by atoms with van der Waals surface area (Å²) in [6.07, 6.45) is 1.50. The first-order chi connectivity index (χ1) is 8.67. The summed E-state index contributed by atoms with van der Waals surface area (Å²) in [5.74, 6) is 7.32. The fourth-order valence-electron chi connectivity index (χ4n) is 2.12. The van der Waals surface area contributed by atoms with Crippen molar-refractivity contribution in [2.24, 2.45) is 5.84 Å². The Hall–Kier alpha value is -1.60. The van der Waals surface area contributed by atoms with Crippen molar-refractivity contribution in [2.75, 3.05) is 44.1 Å². The van der Waals surface area contributed by atoms with Crippen LogP contribution in [-0.4, -0.2) is 54.7 Å². The molecule has 7 nitrogen and oxygen atoms in total. The minimum Gasteiger partial charge on any atom is -0.490 e. The van der Waals surface area contributed by atoms with Crippen LogP contribution in [0.1, 0.15) is 6.92 Å². The van der Waals surface area contributed by atoms with Crippen molar-refractivity contribution in [1.82, 2.24) is 14.9 Å². The van der Waals surface area contributed by atoms with E-state index in [2.05, 4.69) is 39.2 Å². The molecule has 0 saturated carbocycles. The molecule has 7 heteroatoms. The fraction of sp³-hybridized carbons (Fsp3) is 0.636. The summed E-state index contributed by atoms with van der Waals surface area (Å²) < 4.78 is 5.36. The SMILES string of the molecule is COc1c(NN)ncnc1N1CCN(C)C(C)C1. The summed E-state index contributed by atoms with van der Waals surface area (Å²) >= 11 is 0. The second-order valence-corrected chi connectivity index (χ2v) is 4.50. The molecule has 0 bridgehead atoms. The number of anilines is 2. The van der Waals surface area contributed by atoms with Crippen LogP contribution in [0.25, 0.3) is 0 Å². The van der Waals surface area contributed by atoms with E-state index in [4.69, 9.17) is 10.6 Å². The molecule has 1 saturated heterocycles. The first kappa shape index (κ1) is 12.8. The number of aromatic nitrogens is 2. The smallest absolute Gasteiger partial charge is 0.205 e. The molecular weight excluding hydrogens is 232 g/mol. The minimum absolute atomic E-state index is 0.479. The monoisotopic (exact) mass is 252 g/mol. The van der Waals surface area contributed by atoms with Gasteiger partial charge in [0, 0.05) is 25.7 Å². The van der Waals surface area contributed by atoms with Gasteiger partial charge in [0.1, 0.15) is 6.33 Å². The van der Waals surface area contributed by atoms with Gasteiger partial charge >= 0.3 is 0 Å². The Balaban J connectivity index is 2.28. The average Bonchev–Trinajstić information content (AvgIpc) is 2.40. The van der Waals surface area contributed by atoms with Gasteiger partial charge < -0.3 is 20.0 Å². The molecule has 100 valence electrons. The van der Waals surface area contributed by atoms with Gasteiger partial charge in [-0.1, -0.05) is 0 Å². The summed E-state index contributed by atoms with van der Waals surface area (Å²) in [4.78, 5) is 12.9. The maximum absolute atomic E-state index is 5.43. The predicted octanol–water partition coefficient (Wildman–Crippen LogP) is -0.0889.